The highest BCUT2D eigenvalue weighted by Gasteiger charge is 2.36. The highest BCUT2D eigenvalue weighted by Crippen LogP contribution is 2.36. The van der Waals surface area contributed by atoms with Crippen LogP contribution in [-0.2, 0) is 27.1 Å². The summed E-state index contributed by atoms with van der Waals surface area (Å²) in [5, 5.41) is 9.64. The summed E-state index contributed by atoms with van der Waals surface area (Å²) in [6, 6.07) is 11.9. The van der Waals surface area contributed by atoms with Crippen molar-refractivity contribution in [3.05, 3.63) is 66.6 Å². The van der Waals surface area contributed by atoms with Crippen molar-refractivity contribution in [1.82, 2.24) is 18.8 Å². The molecule has 0 saturated carbocycles. The maximum absolute atomic E-state index is 13.6. The number of anilines is 1. The minimum absolute atomic E-state index is 0.000717. The molecule has 1 aliphatic rings. The van der Waals surface area contributed by atoms with Crippen molar-refractivity contribution in [2.45, 2.75) is 35.9 Å². The molecule has 0 saturated heterocycles. The van der Waals surface area contributed by atoms with Gasteiger partial charge >= 0.3 is 0 Å². The number of carbonyl (C=O) groups excluding carboxylic acids is 1. The molecule has 4 rings (SSSR count). The van der Waals surface area contributed by atoms with Gasteiger partial charge in [0, 0.05) is 32.8 Å². The lowest BCUT2D eigenvalue weighted by molar-refractivity contribution is 0.0389. The number of aryl methyl sites for hydroxylation is 1. The van der Waals surface area contributed by atoms with Gasteiger partial charge < -0.3 is 19.3 Å². The minimum atomic E-state index is -4.15. The molecule has 0 aliphatic carbocycles. The predicted octanol–water partition coefficient (Wildman–Crippen LogP) is 1.76. The molecule has 1 amide bonds. The van der Waals surface area contributed by atoms with Crippen molar-refractivity contribution in [3.63, 3.8) is 0 Å². The molecule has 216 valence electrons. The number of fused-ring (bicyclic) bond motifs is 1. The van der Waals surface area contributed by atoms with Gasteiger partial charge in [0.1, 0.15) is 6.10 Å². The Morgan fingerprint density at radius 1 is 1.15 bits per heavy atom. The Labute approximate surface area is 234 Å². The lowest BCUT2D eigenvalue weighted by Gasteiger charge is -2.38. The number of likely N-dealkylation sites (N-methyl/N-ethyl adjacent to an activating group) is 1. The third-order valence-electron chi connectivity index (χ3n) is 6.78. The highest BCUT2D eigenvalue weighted by atomic mass is 32.2. The maximum atomic E-state index is 13.6. The number of nitrogens with zero attached hydrogens (tertiary/aromatic N) is 4. The number of hydrogen-bond acceptors (Lipinski definition) is 8. The van der Waals surface area contributed by atoms with E-state index in [1.165, 1.54) is 63.7 Å². The summed E-state index contributed by atoms with van der Waals surface area (Å²) in [6.07, 6.45) is 1.89. The molecule has 0 unspecified atom stereocenters. The van der Waals surface area contributed by atoms with E-state index >= 15 is 0 Å². The number of para-hydroxylation sites is 1. The number of rotatable bonds is 9. The van der Waals surface area contributed by atoms with Crippen LogP contribution < -0.4 is 9.46 Å². The number of sulfonamides is 2. The molecular weight excluding hydrogens is 558 g/mol. The van der Waals surface area contributed by atoms with Crippen molar-refractivity contribution in [3.8, 4) is 5.75 Å². The monoisotopic (exact) mass is 591 g/mol. The second kappa shape index (κ2) is 11.6. The number of aliphatic hydroxyl groups excluding tert-OH is 1. The molecule has 12 nitrogen and oxygen atoms in total. The second-order valence-electron chi connectivity index (χ2n) is 9.89. The number of hydrogen-bond donors (Lipinski definition) is 2. The molecule has 3 aromatic rings. The first-order valence-electron chi connectivity index (χ1n) is 12.6. The molecule has 1 aromatic heterocycles. The van der Waals surface area contributed by atoms with Gasteiger partial charge in [-0.05, 0) is 31.2 Å². The third-order valence-corrected chi connectivity index (χ3v) is 9.87. The lowest BCUT2D eigenvalue weighted by atomic mass is 9.99. The molecule has 0 radical (unpaired) electrons. The number of carbonyl (C=O) groups is 1. The molecule has 3 atom stereocenters. The molecule has 2 heterocycles. The van der Waals surface area contributed by atoms with Crippen molar-refractivity contribution in [1.29, 1.82) is 0 Å². The van der Waals surface area contributed by atoms with Crippen LogP contribution in [0, 0.1) is 5.92 Å². The van der Waals surface area contributed by atoms with E-state index in [4.69, 9.17) is 4.74 Å². The van der Waals surface area contributed by atoms with Crippen LogP contribution in [0.1, 0.15) is 24.2 Å². The van der Waals surface area contributed by atoms with Crippen LogP contribution in [0.2, 0.25) is 0 Å². The Hall–Kier alpha value is -3.46. The Balaban J connectivity index is 1.76. The Morgan fingerprint density at radius 3 is 2.48 bits per heavy atom. The smallest absolute Gasteiger partial charge is 0.281 e. The SMILES string of the molecule is C[C@@H]1CN([C@H](C)CO)C(=O)c2cccc(NS(=O)(=O)c3cn(C)cn3)c2O[C@@H]1CN(C)S(=O)(=O)c1ccccc1. The molecule has 2 N–H and O–H groups in total. The van der Waals surface area contributed by atoms with Gasteiger partial charge in [-0.1, -0.05) is 31.2 Å². The van der Waals surface area contributed by atoms with Gasteiger partial charge in [-0.25, -0.2) is 13.4 Å². The first kappa shape index (κ1) is 29.5. The third kappa shape index (κ3) is 5.99. The molecule has 1 aliphatic heterocycles. The maximum Gasteiger partial charge on any atom is 0.281 e. The van der Waals surface area contributed by atoms with Crippen LogP contribution in [-0.4, -0.2) is 85.5 Å². The summed E-state index contributed by atoms with van der Waals surface area (Å²) < 4.78 is 64.2. The van der Waals surface area contributed by atoms with E-state index in [0.717, 1.165) is 0 Å². The topological polar surface area (TPSA) is 151 Å². The van der Waals surface area contributed by atoms with E-state index in [9.17, 15) is 26.7 Å². The van der Waals surface area contributed by atoms with E-state index < -0.39 is 44.0 Å². The Morgan fingerprint density at radius 2 is 1.85 bits per heavy atom. The summed E-state index contributed by atoms with van der Waals surface area (Å²) in [7, 11) is -4.94. The highest BCUT2D eigenvalue weighted by molar-refractivity contribution is 7.92. The van der Waals surface area contributed by atoms with Crippen molar-refractivity contribution in [2.24, 2.45) is 13.0 Å². The fourth-order valence-electron chi connectivity index (χ4n) is 4.39. The van der Waals surface area contributed by atoms with Gasteiger partial charge in [0.05, 0.1) is 41.7 Å². The van der Waals surface area contributed by atoms with Gasteiger partial charge in [-0.2, -0.15) is 12.7 Å². The van der Waals surface area contributed by atoms with Crippen LogP contribution >= 0.6 is 0 Å². The predicted molar refractivity (Wildman–Crippen MR) is 148 cm³/mol. The number of ether oxygens (including phenoxy) is 1. The quantitative estimate of drug-likeness (QED) is 0.382. The van der Waals surface area contributed by atoms with Crippen LogP contribution in [0.5, 0.6) is 5.75 Å². The molecular formula is C26H33N5O7S2. The molecule has 40 heavy (non-hydrogen) atoms. The zero-order chi connectivity index (χ0) is 29.2. The Bertz CT molecular complexity index is 1580. The van der Waals surface area contributed by atoms with Crippen LogP contribution in [0.15, 0.2) is 71.0 Å². The van der Waals surface area contributed by atoms with Gasteiger partial charge in [-0.15, -0.1) is 0 Å². The van der Waals surface area contributed by atoms with Crippen molar-refractivity contribution in [2.75, 3.05) is 31.5 Å². The van der Waals surface area contributed by atoms with E-state index in [-0.39, 0.29) is 46.6 Å². The van der Waals surface area contributed by atoms with E-state index in [1.807, 2.05) is 6.92 Å². The fraction of sp³-hybridized carbons (Fsp3) is 0.385. The number of aliphatic hydroxyl groups is 1. The number of aromatic nitrogens is 2. The number of benzene rings is 2. The van der Waals surface area contributed by atoms with E-state index in [0.29, 0.717) is 0 Å². The summed E-state index contributed by atoms with van der Waals surface area (Å²) in [5.41, 5.74) is 0.0766. The van der Waals surface area contributed by atoms with E-state index in [2.05, 4.69) is 9.71 Å². The van der Waals surface area contributed by atoms with Crippen molar-refractivity contribution < 1.29 is 31.5 Å². The zero-order valence-electron chi connectivity index (χ0n) is 22.6. The normalized spacial score (nSPS) is 18.9. The largest absolute Gasteiger partial charge is 0.486 e. The number of amides is 1. The summed E-state index contributed by atoms with van der Waals surface area (Å²) in [4.78, 5) is 19.1. The van der Waals surface area contributed by atoms with Gasteiger partial charge in [-0.3, -0.25) is 9.52 Å². The van der Waals surface area contributed by atoms with Gasteiger partial charge in [0.25, 0.3) is 15.9 Å². The summed E-state index contributed by atoms with van der Waals surface area (Å²) in [6.45, 7) is 3.29. The van der Waals surface area contributed by atoms with Crippen LogP contribution in [0.25, 0.3) is 0 Å². The first-order valence-corrected chi connectivity index (χ1v) is 15.5. The zero-order valence-corrected chi connectivity index (χ0v) is 24.3. The average Bonchev–Trinajstić information content (AvgIpc) is 3.38. The molecule has 0 fully saturated rings. The number of nitrogens with one attached hydrogen (secondary N) is 1. The average molecular weight is 592 g/mol. The molecule has 2 aromatic carbocycles. The van der Waals surface area contributed by atoms with E-state index in [1.54, 1.807) is 32.2 Å². The van der Waals surface area contributed by atoms with Crippen molar-refractivity contribution >= 4 is 31.6 Å². The van der Waals surface area contributed by atoms with Crippen LogP contribution in [0.4, 0.5) is 5.69 Å². The fourth-order valence-corrected chi connectivity index (χ4v) is 6.64. The first-order chi connectivity index (χ1) is 18.8. The standard InChI is InChI=1S/C26H33N5O7S2/c1-18-13-31(19(2)16-32)26(33)21-11-8-12-22(28-39(34,35)24-15-29(3)17-27-24)25(21)38-23(18)14-30(4)40(36,37)20-9-6-5-7-10-20/h5-12,15,17-19,23,28,32H,13-14,16H2,1-4H3/t18-,19-,23-/m1/s1. The lowest BCUT2D eigenvalue weighted by Crippen LogP contribution is -2.50. The van der Waals surface area contributed by atoms with Gasteiger partial charge in [0.2, 0.25) is 10.0 Å². The second-order valence-corrected chi connectivity index (χ2v) is 13.6. The summed E-state index contributed by atoms with van der Waals surface area (Å²) in [5.74, 6) is -0.893. The van der Waals surface area contributed by atoms with Gasteiger partial charge in [0.15, 0.2) is 10.8 Å². The molecule has 0 bridgehead atoms. The van der Waals surface area contributed by atoms with Crippen LogP contribution in [0.3, 0.4) is 0 Å². The minimum Gasteiger partial charge on any atom is -0.486 e. The number of imidazole rings is 1. The molecule has 0 spiro atoms. The Kier molecular flexibility index (Phi) is 8.54. The molecule has 14 heteroatoms. The summed E-state index contributed by atoms with van der Waals surface area (Å²) >= 11 is 0.